The Hall–Kier alpha value is -0.900. The predicted octanol–water partition coefficient (Wildman–Crippen LogP) is 2.02. The molecular weight excluding hydrogens is 224 g/mol. The van der Waals surface area contributed by atoms with Gasteiger partial charge in [0, 0.05) is 19.5 Å². The lowest BCUT2D eigenvalue weighted by Gasteiger charge is -2.37. The van der Waals surface area contributed by atoms with E-state index in [2.05, 4.69) is 36.3 Å². The van der Waals surface area contributed by atoms with E-state index in [1.165, 1.54) is 19.3 Å². The molecule has 0 bridgehead atoms. The lowest BCUT2D eigenvalue weighted by atomic mass is 9.72. The van der Waals surface area contributed by atoms with Crippen molar-refractivity contribution in [1.82, 2.24) is 20.1 Å². The van der Waals surface area contributed by atoms with Gasteiger partial charge in [-0.25, -0.2) is 4.98 Å². The van der Waals surface area contributed by atoms with Crippen LogP contribution in [0.3, 0.4) is 0 Å². The van der Waals surface area contributed by atoms with Crippen LogP contribution < -0.4 is 5.32 Å². The summed E-state index contributed by atoms with van der Waals surface area (Å²) in [6.45, 7) is 4.70. The van der Waals surface area contributed by atoms with Gasteiger partial charge in [-0.2, -0.15) is 5.10 Å². The standard InChI is InChI=1S/C14H26N4/c1-10(2)11-5-6-13(15-3)12(7-11)8-14-16-9-17-18(14)4/h9-13,15H,5-8H2,1-4H3. The van der Waals surface area contributed by atoms with Crippen LogP contribution in [0.2, 0.25) is 0 Å². The van der Waals surface area contributed by atoms with Crippen LogP contribution >= 0.6 is 0 Å². The highest BCUT2D eigenvalue weighted by molar-refractivity contribution is 4.93. The topological polar surface area (TPSA) is 42.7 Å². The Morgan fingerprint density at radius 1 is 1.44 bits per heavy atom. The average Bonchev–Trinajstić information content (AvgIpc) is 2.75. The molecule has 18 heavy (non-hydrogen) atoms. The molecule has 0 radical (unpaired) electrons. The van der Waals surface area contributed by atoms with Crippen molar-refractivity contribution in [3.05, 3.63) is 12.2 Å². The maximum atomic E-state index is 4.37. The molecule has 0 amide bonds. The number of nitrogens with zero attached hydrogens (tertiary/aromatic N) is 3. The SMILES string of the molecule is CNC1CCC(C(C)C)CC1Cc1ncnn1C. The van der Waals surface area contributed by atoms with Crippen molar-refractivity contribution in [1.29, 1.82) is 0 Å². The van der Waals surface area contributed by atoms with Gasteiger partial charge in [0.1, 0.15) is 12.2 Å². The van der Waals surface area contributed by atoms with Gasteiger partial charge in [-0.05, 0) is 44.1 Å². The fourth-order valence-electron chi connectivity index (χ4n) is 3.25. The molecule has 1 heterocycles. The third kappa shape index (κ3) is 2.91. The summed E-state index contributed by atoms with van der Waals surface area (Å²) in [5.74, 6) is 3.47. The van der Waals surface area contributed by atoms with Crippen molar-refractivity contribution in [2.75, 3.05) is 7.05 Å². The van der Waals surface area contributed by atoms with Gasteiger partial charge in [0.25, 0.3) is 0 Å². The Balaban J connectivity index is 2.04. The number of aryl methyl sites for hydroxylation is 1. The van der Waals surface area contributed by atoms with E-state index in [0.717, 1.165) is 24.1 Å². The van der Waals surface area contributed by atoms with Gasteiger partial charge in [0.2, 0.25) is 0 Å². The summed E-state index contributed by atoms with van der Waals surface area (Å²) in [5, 5.41) is 7.66. The Bertz CT molecular complexity index is 372. The van der Waals surface area contributed by atoms with Gasteiger partial charge in [-0.1, -0.05) is 13.8 Å². The zero-order valence-electron chi connectivity index (χ0n) is 12.1. The molecule has 0 saturated heterocycles. The molecule has 1 aromatic rings. The second-order valence-electron chi connectivity index (χ2n) is 5.98. The van der Waals surface area contributed by atoms with Crippen LogP contribution in [0, 0.1) is 17.8 Å². The minimum Gasteiger partial charge on any atom is -0.317 e. The lowest BCUT2D eigenvalue weighted by molar-refractivity contribution is 0.170. The van der Waals surface area contributed by atoms with Crippen LogP contribution in [-0.4, -0.2) is 27.9 Å². The molecule has 1 N–H and O–H groups in total. The van der Waals surface area contributed by atoms with Crippen molar-refractivity contribution in [3.63, 3.8) is 0 Å². The Morgan fingerprint density at radius 3 is 2.78 bits per heavy atom. The number of aromatic nitrogens is 3. The minimum atomic E-state index is 0.636. The zero-order chi connectivity index (χ0) is 13.1. The number of hydrogen-bond donors (Lipinski definition) is 1. The highest BCUT2D eigenvalue weighted by atomic mass is 15.3. The largest absolute Gasteiger partial charge is 0.317 e. The first-order valence-electron chi connectivity index (χ1n) is 7.12. The third-order valence-electron chi connectivity index (χ3n) is 4.59. The molecule has 0 aromatic carbocycles. The fourth-order valence-corrected chi connectivity index (χ4v) is 3.25. The second kappa shape index (κ2) is 5.83. The summed E-state index contributed by atoms with van der Waals surface area (Å²) in [5.41, 5.74) is 0. The first-order valence-corrected chi connectivity index (χ1v) is 7.12. The van der Waals surface area contributed by atoms with Gasteiger partial charge in [-0.3, -0.25) is 4.68 Å². The average molecular weight is 250 g/mol. The normalized spacial score (nSPS) is 28.8. The molecule has 4 nitrogen and oxygen atoms in total. The van der Waals surface area contributed by atoms with Crippen LogP contribution in [0.5, 0.6) is 0 Å². The van der Waals surface area contributed by atoms with E-state index in [-0.39, 0.29) is 0 Å². The summed E-state index contributed by atoms with van der Waals surface area (Å²) in [6.07, 6.45) is 6.67. The molecule has 102 valence electrons. The Morgan fingerprint density at radius 2 is 2.22 bits per heavy atom. The van der Waals surface area contributed by atoms with Gasteiger partial charge in [-0.15, -0.1) is 0 Å². The summed E-state index contributed by atoms with van der Waals surface area (Å²) < 4.78 is 1.91. The van der Waals surface area contributed by atoms with Gasteiger partial charge in [0.15, 0.2) is 0 Å². The molecule has 1 aromatic heterocycles. The maximum absolute atomic E-state index is 4.37. The van der Waals surface area contributed by atoms with E-state index in [9.17, 15) is 0 Å². The lowest BCUT2D eigenvalue weighted by Crippen LogP contribution is -2.41. The number of rotatable bonds is 4. The molecule has 1 aliphatic carbocycles. The first-order chi connectivity index (χ1) is 8.61. The third-order valence-corrected chi connectivity index (χ3v) is 4.59. The number of hydrogen-bond acceptors (Lipinski definition) is 3. The van der Waals surface area contributed by atoms with E-state index in [1.54, 1.807) is 6.33 Å². The van der Waals surface area contributed by atoms with Crippen molar-refractivity contribution in [2.24, 2.45) is 24.8 Å². The molecular formula is C14H26N4. The molecule has 2 rings (SSSR count). The number of nitrogens with one attached hydrogen (secondary N) is 1. The van der Waals surface area contributed by atoms with Crippen LogP contribution in [0.15, 0.2) is 6.33 Å². The molecule has 3 atom stereocenters. The van der Waals surface area contributed by atoms with Crippen LogP contribution in [0.25, 0.3) is 0 Å². The van der Waals surface area contributed by atoms with E-state index >= 15 is 0 Å². The van der Waals surface area contributed by atoms with Crippen LogP contribution in [-0.2, 0) is 13.5 Å². The van der Waals surface area contributed by atoms with Gasteiger partial charge < -0.3 is 5.32 Å². The summed E-state index contributed by atoms with van der Waals surface area (Å²) >= 11 is 0. The highest BCUT2D eigenvalue weighted by Gasteiger charge is 2.31. The van der Waals surface area contributed by atoms with E-state index in [4.69, 9.17) is 0 Å². The maximum Gasteiger partial charge on any atom is 0.138 e. The quantitative estimate of drug-likeness (QED) is 0.889. The molecule has 0 aliphatic heterocycles. The molecule has 3 unspecified atom stereocenters. The van der Waals surface area contributed by atoms with Gasteiger partial charge >= 0.3 is 0 Å². The molecule has 1 saturated carbocycles. The van der Waals surface area contributed by atoms with Crippen molar-refractivity contribution < 1.29 is 0 Å². The van der Waals surface area contributed by atoms with E-state index < -0.39 is 0 Å². The Labute approximate surface area is 110 Å². The van der Waals surface area contributed by atoms with Crippen molar-refractivity contribution in [2.45, 2.75) is 45.6 Å². The van der Waals surface area contributed by atoms with Crippen molar-refractivity contribution in [3.8, 4) is 0 Å². The smallest absolute Gasteiger partial charge is 0.138 e. The molecule has 0 spiro atoms. The van der Waals surface area contributed by atoms with Gasteiger partial charge in [0.05, 0.1) is 0 Å². The van der Waals surface area contributed by atoms with E-state index in [0.29, 0.717) is 12.0 Å². The second-order valence-corrected chi connectivity index (χ2v) is 5.98. The monoisotopic (exact) mass is 250 g/mol. The molecule has 4 heteroatoms. The fraction of sp³-hybridized carbons (Fsp3) is 0.857. The zero-order valence-corrected chi connectivity index (χ0v) is 12.1. The summed E-state index contributed by atoms with van der Waals surface area (Å²) in [4.78, 5) is 4.37. The van der Waals surface area contributed by atoms with Crippen molar-refractivity contribution >= 4 is 0 Å². The molecule has 1 aliphatic rings. The first kappa shape index (κ1) is 13.5. The summed E-state index contributed by atoms with van der Waals surface area (Å²) in [7, 11) is 4.07. The van der Waals surface area contributed by atoms with Crippen LogP contribution in [0.4, 0.5) is 0 Å². The highest BCUT2D eigenvalue weighted by Crippen LogP contribution is 2.35. The summed E-state index contributed by atoms with van der Waals surface area (Å²) in [6, 6.07) is 0.636. The molecule has 1 fully saturated rings. The van der Waals surface area contributed by atoms with Crippen LogP contribution in [0.1, 0.15) is 38.9 Å². The minimum absolute atomic E-state index is 0.636. The Kier molecular flexibility index (Phi) is 4.38. The van der Waals surface area contributed by atoms with E-state index in [1.807, 2.05) is 11.7 Å². The predicted molar refractivity (Wildman–Crippen MR) is 73.2 cm³/mol.